The van der Waals surface area contributed by atoms with Gasteiger partial charge in [0.25, 0.3) is 0 Å². The van der Waals surface area contributed by atoms with Crippen molar-refractivity contribution in [3.63, 3.8) is 0 Å². The van der Waals surface area contributed by atoms with Gasteiger partial charge >= 0.3 is 0 Å². The molecule has 0 aliphatic carbocycles. The molecule has 0 heterocycles. The monoisotopic (exact) mass is 266 g/mol. The highest BCUT2D eigenvalue weighted by atomic mass is 32.1. The molecule has 0 aromatic heterocycles. The Balaban J connectivity index is 3.00. The van der Waals surface area contributed by atoms with E-state index in [1.54, 1.807) is 7.11 Å². The summed E-state index contributed by atoms with van der Waals surface area (Å²) >= 11 is 5.21. The molecule has 0 saturated heterocycles. The second kappa shape index (κ2) is 7.34. The minimum Gasteiger partial charge on any atom is -0.496 e. The maximum absolute atomic E-state index is 5.90. The molecule has 0 spiro atoms. The summed E-state index contributed by atoms with van der Waals surface area (Å²) in [6, 6.07) is 7.82. The van der Waals surface area contributed by atoms with Crippen molar-refractivity contribution in [2.45, 2.75) is 25.8 Å². The molecule has 0 saturated carbocycles. The molecule has 4 heteroatoms. The second-order valence-corrected chi connectivity index (χ2v) is 4.85. The molecule has 100 valence electrons. The van der Waals surface area contributed by atoms with Crippen molar-refractivity contribution in [1.29, 1.82) is 0 Å². The van der Waals surface area contributed by atoms with Gasteiger partial charge in [0.2, 0.25) is 0 Å². The summed E-state index contributed by atoms with van der Waals surface area (Å²) in [6.07, 6.45) is 2.28. The topological polar surface area (TPSA) is 38.5 Å². The van der Waals surface area contributed by atoms with E-state index in [2.05, 4.69) is 11.8 Å². The van der Waals surface area contributed by atoms with Gasteiger partial charge in [-0.25, -0.2) is 0 Å². The Kier molecular flexibility index (Phi) is 6.09. The Morgan fingerprint density at radius 3 is 2.67 bits per heavy atom. The minimum absolute atomic E-state index is 0.0669. The maximum Gasteiger partial charge on any atom is 0.124 e. The van der Waals surface area contributed by atoms with Gasteiger partial charge in [0, 0.05) is 5.56 Å². The van der Waals surface area contributed by atoms with Gasteiger partial charge in [-0.15, -0.1) is 0 Å². The Labute approximate surface area is 115 Å². The number of benzene rings is 1. The van der Waals surface area contributed by atoms with Crippen molar-refractivity contribution in [3.8, 4) is 5.75 Å². The lowest BCUT2D eigenvalue weighted by Crippen LogP contribution is -2.35. The van der Waals surface area contributed by atoms with E-state index in [-0.39, 0.29) is 6.04 Å². The highest BCUT2D eigenvalue weighted by Crippen LogP contribution is 2.28. The molecule has 0 amide bonds. The summed E-state index contributed by atoms with van der Waals surface area (Å²) < 4.78 is 5.39. The number of nitrogens with zero attached hydrogens (tertiary/aromatic N) is 1. The number of ether oxygens (including phenoxy) is 1. The zero-order valence-electron chi connectivity index (χ0n) is 11.3. The van der Waals surface area contributed by atoms with E-state index in [9.17, 15) is 0 Å². The van der Waals surface area contributed by atoms with E-state index in [1.807, 2.05) is 31.3 Å². The van der Waals surface area contributed by atoms with Gasteiger partial charge in [-0.05, 0) is 26.1 Å². The molecule has 1 aromatic carbocycles. The quantitative estimate of drug-likeness (QED) is 0.770. The Bertz CT molecular complexity index is 395. The highest BCUT2D eigenvalue weighted by Gasteiger charge is 2.22. The van der Waals surface area contributed by atoms with Gasteiger partial charge in [-0.1, -0.05) is 43.8 Å². The van der Waals surface area contributed by atoms with Crippen LogP contribution in [-0.2, 0) is 0 Å². The van der Waals surface area contributed by atoms with Crippen LogP contribution in [0.1, 0.15) is 31.4 Å². The van der Waals surface area contributed by atoms with Gasteiger partial charge < -0.3 is 10.5 Å². The summed E-state index contributed by atoms with van der Waals surface area (Å²) in [4.78, 5) is 2.67. The van der Waals surface area contributed by atoms with E-state index < -0.39 is 0 Å². The van der Waals surface area contributed by atoms with Crippen LogP contribution in [0.15, 0.2) is 24.3 Å². The molecule has 1 atom stereocenters. The second-order valence-electron chi connectivity index (χ2n) is 4.38. The molecular weight excluding hydrogens is 244 g/mol. The van der Waals surface area contributed by atoms with Gasteiger partial charge in [-0.3, -0.25) is 4.90 Å². The average molecular weight is 266 g/mol. The first-order valence-electron chi connectivity index (χ1n) is 6.24. The Morgan fingerprint density at radius 2 is 2.11 bits per heavy atom. The number of hydrogen-bond donors (Lipinski definition) is 1. The molecule has 1 unspecified atom stereocenters. The fraction of sp³-hybridized carbons (Fsp3) is 0.500. The van der Waals surface area contributed by atoms with Crippen LogP contribution in [0, 0.1) is 0 Å². The molecule has 0 aliphatic heterocycles. The fourth-order valence-electron chi connectivity index (χ4n) is 2.04. The lowest BCUT2D eigenvalue weighted by Gasteiger charge is -2.28. The van der Waals surface area contributed by atoms with Crippen LogP contribution in [0.25, 0.3) is 0 Å². The molecule has 0 fully saturated rings. The number of rotatable bonds is 7. The number of methoxy groups -OCH3 is 1. The van der Waals surface area contributed by atoms with Crippen LogP contribution in [0.5, 0.6) is 5.75 Å². The molecule has 0 radical (unpaired) electrons. The van der Waals surface area contributed by atoms with Crippen LogP contribution in [-0.4, -0.2) is 30.6 Å². The fourth-order valence-corrected chi connectivity index (χ4v) is 2.34. The maximum atomic E-state index is 5.90. The number of thiocarbonyl (C=S) groups is 1. The zero-order valence-corrected chi connectivity index (χ0v) is 12.2. The van der Waals surface area contributed by atoms with Gasteiger partial charge in [0.15, 0.2) is 0 Å². The molecule has 2 N–H and O–H groups in total. The third-order valence-electron chi connectivity index (χ3n) is 3.01. The molecule has 0 bridgehead atoms. The predicted molar refractivity (Wildman–Crippen MR) is 80.1 cm³/mol. The van der Waals surface area contributed by atoms with Crippen LogP contribution in [0.2, 0.25) is 0 Å². The molecule has 18 heavy (non-hydrogen) atoms. The first-order chi connectivity index (χ1) is 8.61. The number of para-hydroxylation sites is 1. The third-order valence-corrected chi connectivity index (χ3v) is 3.23. The van der Waals surface area contributed by atoms with Crippen LogP contribution >= 0.6 is 12.2 Å². The van der Waals surface area contributed by atoms with Crippen molar-refractivity contribution in [2.75, 3.05) is 20.7 Å². The molecule has 1 rings (SSSR count). The summed E-state index contributed by atoms with van der Waals surface area (Å²) in [7, 11) is 3.72. The number of hydrogen-bond acceptors (Lipinski definition) is 3. The van der Waals surface area contributed by atoms with Crippen LogP contribution < -0.4 is 10.5 Å². The first kappa shape index (κ1) is 14.9. The summed E-state index contributed by atoms with van der Waals surface area (Å²) in [5.74, 6) is 0.832. The van der Waals surface area contributed by atoms with E-state index in [4.69, 9.17) is 22.7 Å². The predicted octanol–water partition coefficient (Wildman–Crippen LogP) is 2.75. The van der Waals surface area contributed by atoms with Gasteiger partial charge in [0.1, 0.15) is 5.75 Å². The lowest BCUT2D eigenvalue weighted by molar-refractivity contribution is 0.289. The normalized spacial score (nSPS) is 12.4. The smallest absolute Gasteiger partial charge is 0.124 e. The summed E-state index contributed by atoms with van der Waals surface area (Å²) in [6.45, 7) is 3.14. The zero-order chi connectivity index (χ0) is 13.5. The Hall–Kier alpha value is -1.13. The van der Waals surface area contributed by atoms with Crippen molar-refractivity contribution >= 4 is 17.2 Å². The van der Waals surface area contributed by atoms with E-state index in [1.165, 1.54) is 0 Å². The molecule has 3 nitrogen and oxygen atoms in total. The van der Waals surface area contributed by atoms with Gasteiger partial charge in [0.05, 0.1) is 18.1 Å². The summed E-state index contributed by atoms with van der Waals surface area (Å²) in [5, 5.41) is 0. The summed E-state index contributed by atoms with van der Waals surface area (Å²) in [5.41, 5.74) is 6.93. The van der Waals surface area contributed by atoms with Crippen molar-refractivity contribution < 1.29 is 4.74 Å². The first-order valence-corrected chi connectivity index (χ1v) is 6.65. The lowest BCUT2D eigenvalue weighted by atomic mass is 10.0. The third kappa shape index (κ3) is 3.68. The highest BCUT2D eigenvalue weighted by molar-refractivity contribution is 7.80. The molecule has 0 aliphatic rings. The molecule has 1 aromatic rings. The molecular formula is C14H22N2OS. The number of nitrogens with two attached hydrogens (primary N) is 1. The minimum atomic E-state index is -0.0669. The number of likely N-dealkylation sites (N-methyl/N-ethyl adjacent to an activating group) is 1. The Morgan fingerprint density at radius 1 is 1.44 bits per heavy atom. The van der Waals surface area contributed by atoms with E-state index in [0.29, 0.717) is 4.99 Å². The van der Waals surface area contributed by atoms with E-state index in [0.717, 1.165) is 30.7 Å². The average Bonchev–Trinajstić information content (AvgIpc) is 2.36. The van der Waals surface area contributed by atoms with Crippen LogP contribution in [0.3, 0.4) is 0 Å². The SMILES string of the molecule is CCCCN(C)C(C(N)=S)c1ccccc1OC. The van der Waals surface area contributed by atoms with Gasteiger partial charge in [-0.2, -0.15) is 0 Å². The van der Waals surface area contributed by atoms with E-state index >= 15 is 0 Å². The van der Waals surface area contributed by atoms with Crippen molar-refractivity contribution in [2.24, 2.45) is 5.73 Å². The largest absolute Gasteiger partial charge is 0.496 e. The van der Waals surface area contributed by atoms with Crippen molar-refractivity contribution in [3.05, 3.63) is 29.8 Å². The van der Waals surface area contributed by atoms with Crippen LogP contribution in [0.4, 0.5) is 0 Å². The standard InChI is InChI=1S/C14H22N2OS/c1-4-5-10-16(2)13(14(15)18)11-8-6-7-9-12(11)17-3/h6-9,13H,4-5,10H2,1-3H3,(H2,15,18). The van der Waals surface area contributed by atoms with Crippen molar-refractivity contribution in [1.82, 2.24) is 4.90 Å². The number of unbranched alkanes of at least 4 members (excludes halogenated alkanes) is 1.